The molecule has 0 fully saturated rings. The van der Waals surface area contributed by atoms with Crippen molar-refractivity contribution in [2.75, 3.05) is 5.32 Å². The molecule has 0 spiro atoms. The fraction of sp³-hybridized carbons (Fsp3) is 0.500. The van der Waals surface area contributed by atoms with Gasteiger partial charge in [0.25, 0.3) is 5.91 Å². The number of ketones is 1. The molecular formula is C26H38N2O6. The SMILES string of the molecule is C/C=C(\C(=O)C(N)=O)c1c(NC(C)(C)CC(C)(C)O/C=C/C)cccc1OC(C(=O)O)C(C)C. The van der Waals surface area contributed by atoms with E-state index < -0.39 is 34.9 Å². The molecule has 0 aliphatic carbocycles. The average molecular weight is 475 g/mol. The number of primary amides is 1. The maximum absolute atomic E-state index is 12.7. The van der Waals surface area contributed by atoms with Crippen LogP contribution in [0, 0.1) is 5.92 Å². The van der Waals surface area contributed by atoms with Gasteiger partial charge in [-0.2, -0.15) is 0 Å². The zero-order valence-electron chi connectivity index (χ0n) is 21.4. The van der Waals surface area contributed by atoms with Crippen LogP contribution < -0.4 is 15.8 Å². The lowest BCUT2D eigenvalue weighted by molar-refractivity contribution is -0.147. The van der Waals surface area contributed by atoms with Gasteiger partial charge in [0, 0.05) is 29.1 Å². The zero-order chi connectivity index (χ0) is 26.3. The van der Waals surface area contributed by atoms with E-state index in [9.17, 15) is 19.5 Å². The van der Waals surface area contributed by atoms with Crippen LogP contribution in [0.2, 0.25) is 0 Å². The lowest BCUT2D eigenvalue weighted by Gasteiger charge is -2.36. The van der Waals surface area contributed by atoms with E-state index >= 15 is 0 Å². The third kappa shape index (κ3) is 7.93. The summed E-state index contributed by atoms with van der Waals surface area (Å²) in [6, 6.07) is 5.01. The molecule has 0 aromatic heterocycles. The zero-order valence-corrected chi connectivity index (χ0v) is 21.4. The van der Waals surface area contributed by atoms with Crippen molar-refractivity contribution in [2.45, 2.75) is 79.1 Å². The number of carboxylic acids is 1. The molecule has 1 atom stereocenters. The third-order valence-corrected chi connectivity index (χ3v) is 5.02. The second kappa shape index (κ2) is 11.7. The number of nitrogens with one attached hydrogen (secondary N) is 1. The van der Waals surface area contributed by atoms with Crippen molar-refractivity contribution in [1.29, 1.82) is 0 Å². The number of allylic oxidation sites excluding steroid dienone is 2. The number of anilines is 1. The lowest BCUT2D eigenvalue weighted by atomic mass is 9.88. The van der Waals surface area contributed by atoms with Gasteiger partial charge in [-0.3, -0.25) is 9.59 Å². The number of carbonyl (C=O) groups is 3. The van der Waals surface area contributed by atoms with E-state index in [1.54, 1.807) is 45.2 Å². The molecule has 0 aliphatic rings. The van der Waals surface area contributed by atoms with Crippen LogP contribution >= 0.6 is 0 Å². The molecule has 0 saturated carbocycles. The van der Waals surface area contributed by atoms with E-state index in [2.05, 4.69) is 5.32 Å². The summed E-state index contributed by atoms with van der Waals surface area (Å²) in [7, 11) is 0. The first kappa shape index (κ1) is 28.7. The smallest absolute Gasteiger partial charge is 0.345 e. The molecule has 0 saturated heterocycles. The molecule has 34 heavy (non-hydrogen) atoms. The largest absolute Gasteiger partial charge is 0.496 e. The standard InChI is InChI=1S/C26H38N2O6/c1-9-14-33-26(7,8)15-25(5,6)28-18-12-11-13-19(34-22(16(3)4)24(31)32)20(18)17(10-2)21(29)23(27)30/h9-14,16,22,28H,15H2,1-8H3,(H2,27,30)(H,31,32)/b14-9+,17-10-. The molecule has 1 rings (SSSR count). The number of rotatable bonds is 13. The predicted octanol–water partition coefficient (Wildman–Crippen LogP) is 4.54. The number of benzene rings is 1. The van der Waals surface area contributed by atoms with Crippen molar-refractivity contribution in [3.8, 4) is 5.75 Å². The Morgan fingerprint density at radius 3 is 2.24 bits per heavy atom. The van der Waals surface area contributed by atoms with Crippen LogP contribution in [0.5, 0.6) is 5.75 Å². The Morgan fingerprint density at radius 1 is 1.15 bits per heavy atom. The van der Waals surface area contributed by atoms with Crippen molar-refractivity contribution < 1.29 is 29.0 Å². The fourth-order valence-electron chi connectivity index (χ4n) is 3.91. The van der Waals surface area contributed by atoms with Crippen LogP contribution in [-0.2, 0) is 19.1 Å². The molecule has 4 N–H and O–H groups in total. The fourth-order valence-corrected chi connectivity index (χ4v) is 3.91. The van der Waals surface area contributed by atoms with Crippen molar-refractivity contribution in [3.05, 3.63) is 42.2 Å². The Bertz CT molecular complexity index is 960. The summed E-state index contributed by atoms with van der Waals surface area (Å²) in [4.78, 5) is 36.2. The highest BCUT2D eigenvalue weighted by Gasteiger charge is 2.33. The maximum Gasteiger partial charge on any atom is 0.345 e. The second-order valence-corrected chi connectivity index (χ2v) is 9.73. The summed E-state index contributed by atoms with van der Waals surface area (Å²) in [6.07, 6.45) is 4.34. The molecule has 188 valence electrons. The second-order valence-electron chi connectivity index (χ2n) is 9.73. The first-order chi connectivity index (χ1) is 15.7. The Labute approximate surface area is 202 Å². The van der Waals surface area contributed by atoms with Gasteiger partial charge >= 0.3 is 5.97 Å². The first-order valence-corrected chi connectivity index (χ1v) is 11.3. The van der Waals surface area contributed by atoms with Crippen molar-refractivity contribution in [2.24, 2.45) is 11.7 Å². The van der Waals surface area contributed by atoms with Crippen molar-refractivity contribution in [3.63, 3.8) is 0 Å². The Morgan fingerprint density at radius 2 is 1.76 bits per heavy atom. The molecule has 0 heterocycles. The highest BCUT2D eigenvalue weighted by molar-refractivity contribution is 6.53. The number of hydrogen-bond donors (Lipinski definition) is 3. The molecule has 1 aromatic carbocycles. The molecule has 8 nitrogen and oxygen atoms in total. The van der Waals surface area contributed by atoms with E-state index in [1.165, 1.54) is 6.08 Å². The number of carboxylic acid groups (broad SMARTS) is 1. The first-order valence-electron chi connectivity index (χ1n) is 11.3. The van der Waals surface area contributed by atoms with Crippen molar-refractivity contribution in [1.82, 2.24) is 0 Å². The Kier molecular flexibility index (Phi) is 9.91. The van der Waals surface area contributed by atoms with Gasteiger partial charge in [-0.15, -0.1) is 0 Å². The van der Waals surface area contributed by atoms with Gasteiger partial charge in [0.05, 0.1) is 11.8 Å². The van der Waals surface area contributed by atoms with Crippen LogP contribution in [0.15, 0.2) is 36.6 Å². The molecular weight excluding hydrogens is 436 g/mol. The van der Waals surface area contributed by atoms with Gasteiger partial charge < -0.3 is 25.6 Å². The highest BCUT2D eigenvalue weighted by atomic mass is 16.5. The molecule has 0 radical (unpaired) electrons. The van der Waals surface area contributed by atoms with Crippen LogP contribution in [0.3, 0.4) is 0 Å². The molecule has 8 heteroatoms. The van der Waals surface area contributed by atoms with E-state index in [1.807, 2.05) is 40.7 Å². The van der Waals surface area contributed by atoms with Crippen molar-refractivity contribution >= 4 is 28.9 Å². The predicted molar refractivity (Wildman–Crippen MR) is 133 cm³/mol. The van der Waals surface area contributed by atoms with Gasteiger partial charge in [-0.25, -0.2) is 4.79 Å². The number of nitrogens with two attached hydrogens (primary N) is 1. The van der Waals surface area contributed by atoms with Gasteiger partial charge in [-0.1, -0.05) is 32.1 Å². The number of Topliss-reactive ketones (excluding diaryl/α,β-unsaturated/α-hetero) is 1. The summed E-state index contributed by atoms with van der Waals surface area (Å²) in [5.41, 5.74) is 5.07. The number of carbonyl (C=O) groups excluding carboxylic acids is 2. The number of aliphatic carboxylic acids is 1. The van der Waals surface area contributed by atoms with Crippen LogP contribution in [0.4, 0.5) is 5.69 Å². The summed E-state index contributed by atoms with van der Waals surface area (Å²) in [6.45, 7) is 14.8. The quantitative estimate of drug-likeness (QED) is 0.217. The number of amides is 1. The topological polar surface area (TPSA) is 128 Å². The normalized spacial score (nSPS) is 13.6. The minimum Gasteiger partial charge on any atom is -0.496 e. The molecule has 1 unspecified atom stereocenters. The van der Waals surface area contributed by atoms with Gasteiger partial charge in [0.2, 0.25) is 5.78 Å². The van der Waals surface area contributed by atoms with E-state index in [4.69, 9.17) is 15.2 Å². The molecule has 1 amide bonds. The lowest BCUT2D eigenvalue weighted by Crippen LogP contribution is -2.40. The summed E-state index contributed by atoms with van der Waals surface area (Å²) in [5.74, 6) is -3.33. The molecule has 1 aromatic rings. The third-order valence-electron chi connectivity index (χ3n) is 5.02. The van der Waals surface area contributed by atoms with Gasteiger partial charge in [0.15, 0.2) is 6.10 Å². The summed E-state index contributed by atoms with van der Waals surface area (Å²) in [5, 5.41) is 13.1. The Hall–Kier alpha value is -3.29. The molecule has 0 bridgehead atoms. The van der Waals surface area contributed by atoms with Crippen LogP contribution in [0.25, 0.3) is 5.57 Å². The highest BCUT2D eigenvalue weighted by Crippen LogP contribution is 2.38. The molecule has 0 aliphatic heterocycles. The minimum atomic E-state index is -1.16. The van der Waals surface area contributed by atoms with E-state index in [-0.39, 0.29) is 22.8 Å². The van der Waals surface area contributed by atoms with Gasteiger partial charge in [-0.05, 0) is 53.7 Å². The number of ether oxygens (including phenoxy) is 2. The van der Waals surface area contributed by atoms with E-state index in [0.717, 1.165) is 0 Å². The number of hydrogen-bond acceptors (Lipinski definition) is 6. The van der Waals surface area contributed by atoms with E-state index in [0.29, 0.717) is 12.1 Å². The van der Waals surface area contributed by atoms with Crippen LogP contribution in [-0.4, -0.2) is 40.0 Å². The minimum absolute atomic E-state index is 0.0266. The monoisotopic (exact) mass is 474 g/mol. The Balaban J connectivity index is 3.61. The van der Waals surface area contributed by atoms with Gasteiger partial charge in [0.1, 0.15) is 11.4 Å². The maximum atomic E-state index is 12.7. The summed E-state index contributed by atoms with van der Waals surface area (Å²) >= 11 is 0. The van der Waals surface area contributed by atoms with Crippen LogP contribution in [0.1, 0.15) is 67.4 Å². The summed E-state index contributed by atoms with van der Waals surface area (Å²) < 4.78 is 11.7. The average Bonchev–Trinajstić information content (AvgIpc) is 2.70.